The van der Waals surface area contributed by atoms with E-state index >= 15 is 0 Å². The number of amides is 1. The second-order valence-corrected chi connectivity index (χ2v) is 6.91. The minimum absolute atomic E-state index is 0.0492. The highest BCUT2D eigenvalue weighted by atomic mass is 19.4. The van der Waals surface area contributed by atoms with E-state index in [4.69, 9.17) is 0 Å². The van der Waals surface area contributed by atoms with Crippen LogP contribution in [0.5, 0.6) is 0 Å². The Morgan fingerprint density at radius 2 is 1.91 bits per heavy atom. The third kappa shape index (κ3) is 3.25. The molecule has 0 bridgehead atoms. The van der Waals surface area contributed by atoms with Gasteiger partial charge in [0.25, 0.3) is 0 Å². The summed E-state index contributed by atoms with van der Waals surface area (Å²) in [5, 5.41) is 5.63. The zero-order chi connectivity index (χ0) is 15.8. The zero-order valence-corrected chi connectivity index (χ0v) is 12.7. The lowest BCUT2D eigenvalue weighted by molar-refractivity contribution is -0.184. The number of carbonyl (C=O) groups excluding carboxylic acids is 1. The van der Waals surface area contributed by atoms with Gasteiger partial charge >= 0.3 is 6.18 Å². The molecule has 22 heavy (non-hydrogen) atoms. The van der Waals surface area contributed by atoms with Crippen molar-refractivity contribution in [3.63, 3.8) is 0 Å². The molecule has 0 aromatic heterocycles. The summed E-state index contributed by atoms with van der Waals surface area (Å²) in [5.41, 5.74) is 0.132. The van der Waals surface area contributed by atoms with Crippen LogP contribution in [0, 0.1) is 11.3 Å². The quantitative estimate of drug-likeness (QED) is 0.826. The van der Waals surface area contributed by atoms with E-state index in [1.165, 1.54) is 4.90 Å². The number of hydrogen-bond donors (Lipinski definition) is 2. The molecule has 0 aromatic rings. The van der Waals surface area contributed by atoms with Crippen LogP contribution in [0.1, 0.15) is 32.1 Å². The Morgan fingerprint density at radius 3 is 2.50 bits per heavy atom. The standard InChI is InChI=1S/C15H24F3N3O/c16-15(17,18)12(21-7-5-19-6-8-21)10-20-13(22)11-9-14(11)3-1-2-4-14/h11-12,19H,1-10H2,(H,20,22). The fourth-order valence-electron chi connectivity index (χ4n) is 4.12. The molecule has 2 aliphatic carbocycles. The zero-order valence-electron chi connectivity index (χ0n) is 12.7. The monoisotopic (exact) mass is 319 g/mol. The van der Waals surface area contributed by atoms with Crippen molar-refractivity contribution in [3.8, 4) is 0 Å². The van der Waals surface area contributed by atoms with Gasteiger partial charge in [-0.25, -0.2) is 0 Å². The Bertz CT molecular complexity index is 415. The van der Waals surface area contributed by atoms with E-state index in [9.17, 15) is 18.0 Å². The number of hydrogen-bond acceptors (Lipinski definition) is 3. The van der Waals surface area contributed by atoms with Crippen molar-refractivity contribution in [2.45, 2.75) is 44.3 Å². The molecule has 0 aromatic carbocycles. The third-order valence-electron chi connectivity index (χ3n) is 5.55. The molecule has 3 rings (SSSR count). The lowest BCUT2D eigenvalue weighted by atomic mass is 10.0. The molecule has 0 radical (unpaired) electrons. The molecule has 1 saturated heterocycles. The summed E-state index contributed by atoms with van der Waals surface area (Å²) in [4.78, 5) is 13.6. The maximum Gasteiger partial charge on any atom is 0.405 e. The van der Waals surface area contributed by atoms with Crippen LogP contribution >= 0.6 is 0 Å². The van der Waals surface area contributed by atoms with Crippen molar-refractivity contribution in [1.82, 2.24) is 15.5 Å². The molecule has 1 spiro atoms. The summed E-state index contributed by atoms with van der Waals surface area (Å²) in [6.07, 6.45) is 0.977. The number of halogens is 3. The summed E-state index contributed by atoms with van der Waals surface area (Å²) < 4.78 is 39.8. The van der Waals surface area contributed by atoms with Crippen LogP contribution in [0.2, 0.25) is 0 Å². The van der Waals surface area contributed by atoms with Gasteiger partial charge in [0.15, 0.2) is 0 Å². The summed E-state index contributed by atoms with van der Waals surface area (Å²) in [6, 6.07) is -1.57. The second kappa shape index (κ2) is 6.00. The molecule has 2 atom stereocenters. The van der Waals surface area contributed by atoms with E-state index in [1.54, 1.807) is 0 Å². The Hall–Kier alpha value is -0.820. The Balaban J connectivity index is 1.54. The fourth-order valence-corrected chi connectivity index (χ4v) is 4.12. The van der Waals surface area contributed by atoms with E-state index in [0.29, 0.717) is 26.2 Å². The molecule has 1 aliphatic heterocycles. The number of piperazine rings is 1. The molecule has 1 amide bonds. The van der Waals surface area contributed by atoms with Crippen LogP contribution in [0.3, 0.4) is 0 Å². The summed E-state index contributed by atoms with van der Waals surface area (Å²) >= 11 is 0. The summed E-state index contributed by atoms with van der Waals surface area (Å²) in [6.45, 7) is 1.54. The van der Waals surface area contributed by atoms with Crippen LogP contribution in [0.15, 0.2) is 0 Å². The smallest absolute Gasteiger partial charge is 0.354 e. The maximum atomic E-state index is 13.3. The van der Waals surface area contributed by atoms with Crippen molar-refractivity contribution >= 4 is 5.91 Å². The topological polar surface area (TPSA) is 44.4 Å². The van der Waals surface area contributed by atoms with Gasteiger partial charge in [-0.05, 0) is 24.7 Å². The number of rotatable bonds is 4. The molecule has 4 nitrogen and oxygen atoms in total. The minimum Gasteiger partial charge on any atom is -0.354 e. The SMILES string of the molecule is O=C(NCC(N1CCNCC1)C(F)(F)F)C1CC12CCCC2. The van der Waals surface area contributed by atoms with Gasteiger partial charge in [0, 0.05) is 38.6 Å². The molecule has 3 fully saturated rings. The van der Waals surface area contributed by atoms with Gasteiger partial charge in [0.2, 0.25) is 5.91 Å². The average molecular weight is 319 g/mol. The lowest BCUT2D eigenvalue weighted by Crippen LogP contribution is -2.57. The van der Waals surface area contributed by atoms with Gasteiger partial charge in [0.1, 0.15) is 6.04 Å². The predicted octanol–water partition coefficient (Wildman–Crippen LogP) is 1.52. The van der Waals surface area contributed by atoms with E-state index in [2.05, 4.69) is 10.6 Å². The van der Waals surface area contributed by atoms with Crippen molar-refractivity contribution in [2.75, 3.05) is 32.7 Å². The molecular weight excluding hydrogens is 295 g/mol. The largest absolute Gasteiger partial charge is 0.405 e. The first-order valence-electron chi connectivity index (χ1n) is 8.22. The van der Waals surface area contributed by atoms with Crippen molar-refractivity contribution in [2.24, 2.45) is 11.3 Å². The molecule has 7 heteroatoms. The van der Waals surface area contributed by atoms with Gasteiger partial charge in [0.05, 0.1) is 0 Å². The second-order valence-electron chi connectivity index (χ2n) is 6.91. The number of nitrogens with zero attached hydrogens (tertiary/aromatic N) is 1. The molecule has 2 N–H and O–H groups in total. The Labute approximate surface area is 128 Å². The van der Waals surface area contributed by atoms with Crippen LogP contribution < -0.4 is 10.6 Å². The van der Waals surface area contributed by atoms with Crippen molar-refractivity contribution in [1.29, 1.82) is 0 Å². The van der Waals surface area contributed by atoms with E-state index in [-0.39, 0.29) is 23.8 Å². The fraction of sp³-hybridized carbons (Fsp3) is 0.933. The Kier molecular flexibility index (Phi) is 4.38. The predicted molar refractivity (Wildman–Crippen MR) is 76.3 cm³/mol. The number of alkyl halides is 3. The summed E-state index contributed by atoms with van der Waals surface area (Å²) in [7, 11) is 0. The number of carbonyl (C=O) groups is 1. The van der Waals surface area contributed by atoms with Gasteiger partial charge in [-0.15, -0.1) is 0 Å². The summed E-state index contributed by atoms with van der Waals surface area (Å²) in [5.74, 6) is -0.224. The van der Waals surface area contributed by atoms with Crippen LogP contribution in [-0.4, -0.2) is 55.7 Å². The highest BCUT2D eigenvalue weighted by Crippen LogP contribution is 2.62. The molecule has 126 valence electrons. The molecule has 1 heterocycles. The van der Waals surface area contributed by atoms with Gasteiger partial charge in [-0.2, -0.15) is 13.2 Å². The van der Waals surface area contributed by atoms with Gasteiger partial charge < -0.3 is 10.6 Å². The average Bonchev–Trinajstić information content (AvgIpc) is 2.96. The first kappa shape index (κ1) is 16.1. The van der Waals surface area contributed by atoms with E-state index < -0.39 is 12.2 Å². The van der Waals surface area contributed by atoms with Gasteiger partial charge in [-0.3, -0.25) is 9.69 Å². The molecular formula is C15H24F3N3O. The molecule has 2 saturated carbocycles. The van der Waals surface area contributed by atoms with Crippen LogP contribution in [-0.2, 0) is 4.79 Å². The Morgan fingerprint density at radius 1 is 1.27 bits per heavy atom. The lowest BCUT2D eigenvalue weighted by Gasteiger charge is -2.36. The van der Waals surface area contributed by atoms with E-state index in [1.807, 2.05) is 0 Å². The van der Waals surface area contributed by atoms with E-state index in [0.717, 1.165) is 32.1 Å². The van der Waals surface area contributed by atoms with Crippen LogP contribution in [0.25, 0.3) is 0 Å². The normalized spacial score (nSPS) is 29.5. The minimum atomic E-state index is -4.31. The molecule has 2 unspecified atom stereocenters. The number of nitrogens with one attached hydrogen (secondary N) is 2. The van der Waals surface area contributed by atoms with Crippen molar-refractivity contribution < 1.29 is 18.0 Å². The first-order valence-corrected chi connectivity index (χ1v) is 8.22. The first-order chi connectivity index (χ1) is 10.4. The van der Waals surface area contributed by atoms with Crippen LogP contribution in [0.4, 0.5) is 13.2 Å². The van der Waals surface area contributed by atoms with Crippen molar-refractivity contribution in [3.05, 3.63) is 0 Å². The highest BCUT2D eigenvalue weighted by molar-refractivity contribution is 5.82. The molecule has 3 aliphatic rings. The maximum absolute atomic E-state index is 13.3. The highest BCUT2D eigenvalue weighted by Gasteiger charge is 2.58. The third-order valence-corrected chi connectivity index (χ3v) is 5.55. The van der Waals surface area contributed by atoms with Gasteiger partial charge in [-0.1, -0.05) is 12.8 Å².